The maximum Gasteiger partial charge on any atom is 0.228 e. The van der Waals surface area contributed by atoms with Crippen molar-refractivity contribution in [1.82, 2.24) is 4.98 Å². The van der Waals surface area contributed by atoms with Crippen molar-refractivity contribution >= 4 is 11.6 Å². The van der Waals surface area contributed by atoms with E-state index in [4.69, 9.17) is 5.73 Å². The second-order valence-corrected chi connectivity index (χ2v) is 4.33. The van der Waals surface area contributed by atoms with Crippen LogP contribution < -0.4 is 10.6 Å². The Morgan fingerprint density at radius 3 is 2.55 bits per heavy atom. The lowest BCUT2D eigenvalue weighted by molar-refractivity contribution is -0.118. The number of nitrogens with two attached hydrogens (primary N) is 1. The number of aromatic nitrogens is 1. The zero-order chi connectivity index (χ0) is 14.4. The molecule has 2 aromatic rings. The highest BCUT2D eigenvalue weighted by atomic mass is 19.1. The summed E-state index contributed by atoms with van der Waals surface area (Å²) >= 11 is 0. The van der Waals surface area contributed by atoms with Crippen molar-refractivity contribution in [3.05, 3.63) is 60.2 Å². The van der Waals surface area contributed by atoms with Crippen molar-refractivity contribution in [2.75, 3.05) is 11.4 Å². The largest absolute Gasteiger partial charge is 0.330 e. The lowest BCUT2D eigenvalue weighted by Gasteiger charge is -2.23. The van der Waals surface area contributed by atoms with Gasteiger partial charge < -0.3 is 10.6 Å². The van der Waals surface area contributed by atoms with Gasteiger partial charge in [0.05, 0.1) is 12.2 Å². The Morgan fingerprint density at radius 2 is 1.90 bits per heavy atom. The number of carbonyl (C=O) groups excluding carboxylic acids is 1. The average molecular weight is 273 g/mol. The van der Waals surface area contributed by atoms with Gasteiger partial charge in [0.25, 0.3) is 0 Å². The topological polar surface area (TPSA) is 59.2 Å². The first-order chi connectivity index (χ1) is 9.72. The molecule has 104 valence electrons. The van der Waals surface area contributed by atoms with Crippen LogP contribution in [0.4, 0.5) is 10.1 Å². The molecule has 1 amide bonds. The van der Waals surface area contributed by atoms with Crippen molar-refractivity contribution in [2.24, 2.45) is 5.73 Å². The Bertz CT molecular complexity index is 574. The molecular formula is C15H16FN3O. The zero-order valence-electron chi connectivity index (χ0n) is 11.0. The SMILES string of the molecule is NCCC(=O)N(Cc1ccncc1)c1ccccc1F. The van der Waals surface area contributed by atoms with Gasteiger partial charge in [-0.15, -0.1) is 0 Å². The van der Waals surface area contributed by atoms with Gasteiger partial charge in [-0.05, 0) is 29.8 Å². The Hall–Kier alpha value is -2.27. The molecule has 0 bridgehead atoms. The Labute approximate surface area is 117 Å². The Balaban J connectivity index is 2.30. The zero-order valence-corrected chi connectivity index (χ0v) is 11.0. The summed E-state index contributed by atoms with van der Waals surface area (Å²) in [6.07, 6.45) is 3.46. The van der Waals surface area contributed by atoms with E-state index in [1.807, 2.05) is 0 Å². The van der Waals surface area contributed by atoms with Gasteiger partial charge in [0.1, 0.15) is 5.82 Å². The summed E-state index contributed by atoms with van der Waals surface area (Å²) in [7, 11) is 0. The minimum absolute atomic E-state index is 0.180. The third-order valence-electron chi connectivity index (χ3n) is 2.89. The van der Waals surface area contributed by atoms with E-state index < -0.39 is 5.82 Å². The predicted molar refractivity (Wildman–Crippen MR) is 75.5 cm³/mol. The second kappa shape index (κ2) is 6.77. The van der Waals surface area contributed by atoms with Gasteiger partial charge in [-0.1, -0.05) is 12.1 Å². The van der Waals surface area contributed by atoms with E-state index in [0.29, 0.717) is 6.54 Å². The molecule has 2 N–H and O–H groups in total. The summed E-state index contributed by atoms with van der Waals surface area (Å²) in [5.41, 5.74) is 6.57. The van der Waals surface area contributed by atoms with Crippen LogP contribution in [0.15, 0.2) is 48.8 Å². The van der Waals surface area contributed by atoms with Gasteiger partial charge >= 0.3 is 0 Å². The fraction of sp³-hybridized carbons (Fsp3) is 0.200. The van der Waals surface area contributed by atoms with Gasteiger partial charge in [0, 0.05) is 25.4 Å². The molecule has 0 radical (unpaired) electrons. The predicted octanol–water partition coefficient (Wildman–Crippen LogP) is 2.10. The van der Waals surface area contributed by atoms with Crippen molar-refractivity contribution in [3.8, 4) is 0 Å². The van der Waals surface area contributed by atoms with Crippen LogP contribution in [0.1, 0.15) is 12.0 Å². The van der Waals surface area contributed by atoms with Gasteiger partial charge in [-0.25, -0.2) is 4.39 Å². The second-order valence-electron chi connectivity index (χ2n) is 4.33. The monoisotopic (exact) mass is 273 g/mol. The number of pyridine rings is 1. The molecule has 0 unspecified atom stereocenters. The molecule has 0 saturated heterocycles. The van der Waals surface area contributed by atoms with Gasteiger partial charge in [0.2, 0.25) is 5.91 Å². The van der Waals surface area contributed by atoms with Crippen LogP contribution in [-0.2, 0) is 11.3 Å². The maximum atomic E-state index is 13.9. The van der Waals surface area contributed by atoms with Gasteiger partial charge in [0.15, 0.2) is 0 Å². The van der Waals surface area contributed by atoms with Crippen molar-refractivity contribution in [2.45, 2.75) is 13.0 Å². The van der Waals surface area contributed by atoms with E-state index in [-0.39, 0.29) is 24.6 Å². The molecule has 0 aliphatic rings. The van der Waals surface area contributed by atoms with E-state index in [2.05, 4.69) is 4.98 Å². The van der Waals surface area contributed by atoms with E-state index in [1.165, 1.54) is 11.0 Å². The molecule has 20 heavy (non-hydrogen) atoms. The Kier molecular flexibility index (Phi) is 4.79. The molecule has 4 nitrogen and oxygen atoms in total. The summed E-state index contributed by atoms with van der Waals surface area (Å²) in [5.74, 6) is -0.624. The molecule has 0 aliphatic carbocycles. The van der Waals surface area contributed by atoms with E-state index in [1.54, 1.807) is 42.7 Å². The lowest BCUT2D eigenvalue weighted by Crippen LogP contribution is -2.32. The number of benzene rings is 1. The fourth-order valence-corrected chi connectivity index (χ4v) is 1.91. The van der Waals surface area contributed by atoms with E-state index in [9.17, 15) is 9.18 Å². The van der Waals surface area contributed by atoms with E-state index in [0.717, 1.165) is 5.56 Å². The number of hydrogen-bond acceptors (Lipinski definition) is 3. The molecule has 2 rings (SSSR count). The summed E-state index contributed by atoms with van der Waals surface area (Å²) < 4.78 is 13.9. The van der Waals surface area contributed by atoms with Crippen LogP contribution in [-0.4, -0.2) is 17.4 Å². The smallest absolute Gasteiger partial charge is 0.228 e. The molecule has 1 aromatic heterocycles. The number of halogens is 1. The highest BCUT2D eigenvalue weighted by molar-refractivity contribution is 5.93. The summed E-state index contributed by atoms with van der Waals surface area (Å²) in [4.78, 5) is 17.5. The minimum atomic E-state index is -0.424. The molecule has 0 fully saturated rings. The molecule has 0 atom stereocenters. The molecular weight excluding hydrogens is 257 g/mol. The number of para-hydroxylation sites is 1. The molecule has 0 aliphatic heterocycles. The number of hydrogen-bond donors (Lipinski definition) is 1. The summed E-state index contributed by atoms with van der Waals surface area (Å²) in [6.45, 7) is 0.530. The number of rotatable bonds is 5. The highest BCUT2D eigenvalue weighted by Gasteiger charge is 2.18. The third kappa shape index (κ3) is 3.39. The van der Waals surface area contributed by atoms with Gasteiger partial charge in [-0.2, -0.15) is 0 Å². The van der Waals surface area contributed by atoms with Crippen LogP contribution in [0.25, 0.3) is 0 Å². The summed E-state index contributed by atoms with van der Waals surface area (Å²) in [5, 5.41) is 0. The number of carbonyl (C=O) groups is 1. The maximum absolute atomic E-state index is 13.9. The Morgan fingerprint density at radius 1 is 1.20 bits per heavy atom. The lowest BCUT2D eigenvalue weighted by atomic mass is 10.2. The minimum Gasteiger partial charge on any atom is -0.330 e. The van der Waals surface area contributed by atoms with Crippen LogP contribution >= 0.6 is 0 Å². The first kappa shape index (κ1) is 14.1. The molecule has 0 spiro atoms. The van der Waals surface area contributed by atoms with Crippen molar-refractivity contribution < 1.29 is 9.18 Å². The van der Waals surface area contributed by atoms with Crippen LogP contribution in [0.2, 0.25) is 0 Å². The van der Waals surface area contributed by atoms with Crippen LogP contribution in [0.5, 0.6) is 0 Å². The standard InChI is InChI=1S/C15H16FN3O/c16-13-3-1-2-4-14(13)19(15(20)5-8-17)11-12-6-9-18-10-7-12/h1-4,6-7,9-10H,5,8,11,17H2. The first-order valence-electron chi connectivity index (χ1n) is 6.36. The fourth-order valence-electron chi connectivity index (χ4n) is 1.91. The van der Waals surface area contributed by atoms with Gasteiger partial charge in [-0.3, -0.25) is 9.78 Å². The van der Waals surface area contributed by atoms with Crippen LogP contribution in [0.3, 0.4) is 0 Å². The molecule has 5 heteroatoms. The highest BCUT2D eigenvalue weighted by Crippen LogP contribution is 2.21. The quantitative estimate of drug-likeness (QED) is 0.907. The van der Waals surface area contributed by atoms with Crippen molar-refractivity contribution in [1.29, 1.82) is 0 Å². The first-order valence-corrected chi connectivity index (χ1v) is 6.36. The molecule has 0 saturated carbocycles. The third-order valence-corrected chi connectivity index (χ3v) is 2.89. The number of amides is 1. The average Bonchev–Trinajstić information content (AvgIpc) is 2.47. The van der Waals surface area contributed by atoms with Crippen molar-refractivity contribution in [3.63, 3.8) is 0 Å². The number of nitrogens with zero attached hydrogens (tertiary/aromatic N) is 2. The number of anilines is 1. The molecule has 1 heterocycles. The molecule has 1 aromatic carbocycles. The summed E-state index contributed by atoms with van der Waals surface area (Å²) in [6, 6.07) is 9.81. The van der Waals surface area contributed by atoms with E-state index >= 15 is 0 Å². The van der Waals surface area contributed by atoms with Crippen LogP contribution in [0, 0.1) is 5.82 Å². The normalized spacial score (nSPS) is 10.3.